The Morgan fingerprint density at radius 3 is 1.79 bits per heavy atom. The van der Waals surface area contributed by atoms with E-state index in [-0.39, 0.29) is 30.3 Å². The van der Waals surface area contributed by atoms with Crippen molar-refractivity contribution in [3.63, 3.8) is 0 Å². The molecule has 0 aromatic heterocycles. The van der Waals surface area contributed by atoms with Crippen LogP contribution in [0, 0.1) is 29.8 Å². The molecule has 0 saturated heterocycles. The molecule has 0 amide bonds. The number of halogens is 5. The molecule has 11 heteroatoms. The number of alkyl halides is 1. The second-order valence-electron chi connectivity index (χ2n) is 7.75. The van der Waals surface area contributed by atoms with Crippen LogP contribution in [-0.4, -0.2) is 19.6 Å². The summed E-state index contributed by atoms with van der Waals surface area (Å²) >= 11 is 0. The Hall–Kier alpha value is -3.56. The normalized spacial score (nSPS) is 10.9. The quantitative estimate of drug-likeness (QED) is 0.0542. The molecular weight excluding hydrogens is 553 g/mol. The molecule has 0 bridgehead atoms. The molecule has 4 nitrogen and oxygen atoms in total. The van der Waals surface area contributed by atoms with Gasteiger partial charge in [-0.1, -0.05) is 44.7 Å². The zero-order valence-corrected chi connectivity index (χ0v) is 22.4. The van der Waals surface area contributed by atoms with E-state index in [2.05, 4.69) is 4.85 Å². The van der Waals surface area contributed by atoms with E-state index in [1.165, 1.54) is 12.1 Å². The summed E-state index contributed by atoms with van der Waals surface area (Å²) in [5.74, 6) is -4.51. The molecule has 2 unspecified atom stereocenters. The lowest BCUT2D eigenvalue weighted by atomic mass is 10.0. The zero-order chi connectivity index (χ0) is 28.2. The first kappa shape index (κ1) is 30.0. The number of rotatable bonds is 9. The summed E-state index contributed by atoms with van der Waals surface area (Å²) in [6.45, 7) is 6.59. The number of nitrogens with zero attached hydrogens (tertiary/aromatic N) is 1. The molecule has 4 rings (SSSR count). The molecule has 2 N–H and O–H groups in total. The van der Waals surface area contributed by atoms with Crippen LogP contribution in [0.2, 0.25) is 0 Å². The molecule has 4 aromatic carbocycles. The van der Waals surface area contributed by atoms with Crippen LogP contribution in [0.3, 0.4) is 0 Å². The first-order valence-corrected chi connectivity index (χ1v) is 14.7. The predicted octanol–water partition coefficient (Wildman–Crippen LogP) is 8.64. The third-order valence-corrected chi connectivity index (χ3v) is 7.20. The van der Waals surface area contributed by atoms with Gasteiger partial charge < -0.3 is 15.0 Å². The molecule has 4 aromatic rings. The Bertz CT molecular complexity index is 1390. The molecule has 0 saturated carbocycles. The fraction of sp³-hybridized carbons (Fsp3) is 0.107. The van der Waals surface area contributed by atoms with Gasteiger partial charge in [-0.3, -0.25) is 4.39 Å². The van der Waals surface area contributed by atoms with Crippen LogP contribution in [0.1, 0.15) is 0 Å². The number of benzene rings is 4. The van der Waals surface area contributed by atoms with Gasteiger partial charge in [-0.25, -0.2) is 22.4 Å². The molecule has 0 heterocycles. The maximum absolute atomic E-state index is 14.4. The second-order valence-corrected chi connectivity index (χ2v) is 10.8. The van der Waals surface area contributed by atoms with Gasteiger partial charge in [0.1, 0.15) is 17.3 Å². The van der Waals surface area contributed by atoms with Crippen molar-refractivity contribution in [3.8, 4) is 33.8 Å². The van der Waals surface area contributed by atoms with Crippen LogP contribution in [0.25, 0.3) is 27.1 Å². The third kappa shape index (κ3) is 8.73. The second kappa shape index (κ2) is 15.1. The average molecular weight is 576 g/mol. The van der Waals surface area contributed by atoms with E-state index < -0.39 is 23.3 Å². The number of nitrogens with two attached hydrogens (primary N) is 1. The summed E-state index contributed by atoms with van der Waals surface area (Å²) in [4.78, 5) is 3.36. The summed E-state index contributed by atoms with van der Waals surface area (Å²) in [5.41, 5.74) is 7.34. The fourth-order valence-electron chi connectivity index (χ4n) is 3.29. The lowest BCUT2D eigenvalue weighted by Gasteiger charge is -2.11. The van der Waals surface area contributed by atoms with Crippen molar-refractivity contribution in [2.75, 3.05) is 19.6 Å². The highest BCUT2D eigenvalue weighted by Gasteiger charge is 2.14. The van der Waals surface area contributed by atoms with Crippen LogP contribution < -0.4 is 15.0 Å². The molecule has 2 atom stereocenters. The molecule has 202 valence electrons. The highest BCUT2D eigenvalue weighted by molar-refractivity contribution is 8.10. The van der Waals surface area contributed by atoms with Crippen LogP contribution in [0.5, 0.6) is 11.5 Å². The van der Waals surface area contributed by atoms with E-state index >= 15 is 0 Å². The predicted molar refractivity (Wildman–Crippen MR) is 148 cm³/mol. The van der Waals surface area contributed by atoms with Crippen LogP contribution in [-0.2, 0) is 0 Å². The largest absolute Gasteiger partial charge is 0.458 e. The Kier molecular flexibility index (Phi) is 11.6. The highest BCUT2D eigenvalue weighted by atomic mass is 32.0. The van der Waals surface area contributed by atoms with E-state index in [9.17, 15) is 22.0 Å². The Labute approximate surface area is 226 Å². The average Bonchev–Trinajstić information content (AvgIpc) is 2.95. The molecular formula is C28H23F5N2O2P2. The van der Waals surface area contributed by atoms with Gasteiger partial charge in [0, 0.05) is 11.6 Å². The van der Waals surface area contributed by atoms with Crippen molar-refractivity contribution in [3.05, 3.63) is 114 Å². The third-order valence-electron chi connectivity index (χ3n) is 5.19. The van der Waals surface area contributed by atoms with Crippen molar-refractivity contribution in [1.82, 2.24) is 0 Å². The zero-order valence-electron chi connectivity index (χ0n) is 20.4. The molecule has 0 aliphatic carbocycles. The van der Waals surface area contributed by atoms with Crippen molar-refractivity contribution in [2.24, 2.45) is 5.50 Å². The minimum absolute atomic E-state index is 0.0962. The molecule has 0 fully saturated rings. The van der Waals surface area contributed by atoms with Gasteiger partial charge in [-0.2, -0.15) is 0 Å². The fourth-order valence-corrected chi connectivity index (χ4v) is 4.24. The molecule has 39 heavy (non-hydrogen) atoms. The van der Waals surface area contributed by atoms with Gasteiger partial charge in [0.15, 0.2) is 23.1 Å². The van der Waals surface area contributed by atoms with Gasteiger partial charge in [0.05, 0.1) is 13.2 Å². The van der Waals surface area contributed by atoms with Gasteiger partial charge in [0.25, 0.3) is 0 Å². The maximum atomic E-state index is 14.4. The Morgan fingerprint density at radius 1 is 0.718 bits per heavy atom. The summed E-state index contributed by atoms with van der Waals surface area (Å²) < 4.78 is 76.4. The summed E-state index contributed by atoms with van der Waals surface area (Å²) in [5, 5.41) is 0. The first-order valence-electron chi connectivity index (χ1n) is 11.4. The van der Waals surface area contributed by atoms with Crippen molar-refractivity contribution in [2.45, 2.75) is 0 Å². The molecule has 0 radical (unpaired) electrons. The molecule has 0 aliphatic heterocycles. The van der Waals surface area contributed by atoms with Gasteiger partial charge in [-0.05, 0) is 67.7 Å². The topological polar surface area (TPSA) is 48.8 Å². The summed E-state index contributed by atoms with van der Waals surface area (Å²) in [6, 6.07) is 19.6. The minimum atomic E-state index is -1.61. The van der Waals surface area contributed by atoms with Gasteiger partial charge in [-0.15, -0.1) is 0 Å². The number of hydrogen-bond donors (Lipinski definition) is 1. The standard InChI is InChI=1S/C26H15F4NO2.C2H8FNP2/c1-31-19-6-2-16(3-7-19)17-4-8-20(9-5-17)32-15-33-21-10-11-22(23(27)14-21)18-12-24(28)26(30)25(29)13-18;3-1-2-5-6-4/h2-14H,15H2;5-6H,1-2,4H2. The van der Waals surface area contributed by atoms with E-state index in [4.69, 9.17) is 21.6 Å². The van der Waals surface area contributed by atoms with E-state index in [1.54, 1.807) is 24.3 Å². The SMILES string of the molecule is NPPCCF.[C-]#[N+]c1ccc(-c2ccc(OCOc3ccc(-c4cc(F)c(F)c(F)c4)c(F)c3)cc2)cc1. The van der Waals surface area contributed by atoms with Crippen LogP contribution >= 0.6 is 16.7 Å². The van der Waals surface area contributed by atoms with E-state index in [1.807, 2.05) is 24.3 Å². The van der Waals surface area contributed by atoms with Crippen molar-refractivity contribution < 1.29 is 31.4 Å². The lowest BCUT2D eigenvalue weighted by Crippen LogP contribution is -2.05. The first-order chi connectivity index (χ1) is 18.9. The maximum Gasteiger partial charge on any atom is 0.230 e. The number of ether oxygens (including phenoxy) is 2. The Morgan fingerprint density at radius 2 is 1.28 bits per heavy atom. The van der Waals surface area contributed by atoms with E-state index in [0.717, 1.165) is 29.3 Å². The molecule has 0 aliphatic rings. The van der Waals surface area contributed by atoms with Crippen molar-refractivity contribution >= 4 is 22.4 Å². The van der Waals surface area contributed by atoms with E-state index in [0.29, 0.717) is 34.3 Å². The van der Waals surface area contributed by atoms with Gasteiger partial charge >= 0.3 is 0 Å². The summed E-state index contributed by atoms with van der Waals surface area (Å²) in [6.07, 6.45) is 0.662. The minimum Gasteiger partial charge on any atom is -0.458 e. The summed E-state index contributed by atoms with van der Waals surface area (Å²) in [7, 11) is 1.10. The van der Waals surface area contributed by atoms with Crippen LogP contribution in [0.15, 0.2) is 78.9 Å². The monoisotopic (exact) mass is 576 g/mol. The van der Waals surface area contributed by atoms with Crippen molar-refractivity contribution in [1.29, 1.82) is 0 Å². The smallest absolute Gasteiger partial charge is 0.230 e. The number of hydrogen-bond acceptors (Lipinski definition) is 3. The van der Waals surface area contributed by atoms with Gasteiger partial charge in [0.2, 0.25) is 6.79 Å². The van der Waals surface area contributed by atoms with Crippen LogP contribution in [0.4, 0.5) is 27.6 Å². The molecule has 0 spiro atoms. The Balaban J connectivity index is 0.000000631. The highest BCUT2D eigenvalue weighted by Crippen LogP contribution is 2.30. The lowest BCUT2D eigenvalue weighted by molar-refractivity contribution is 0.119.